The van der Waals surface area contributed by atoms with Crippen LogP contribution in [0.5, 0.6) is 0 Å². The summed E-state index contributed by atoms with van der Waals surface area (Å²) < 4.78 is 10.4. The van der Waals surface area contributed by atoms with Gasteiger partial charge in [-0.2, -0.15) is 0 Å². The number of hydrogen-bond acceptors (Lipinski definition) is 3. The van der Waals surface area contributed by atoms with Crippen LogP contribution in [0.3, 0.4) is 0 Å². The van der Waals surface area contributed by atoms with E-state index in [1.165, 1.54) is 0 Å². The van der Waals surface area contributed by atoms with Crippen LogP contribution in [-0.4, -0.2) is 13.2 Å². The first kappa shape index (κ1) is 11.9. The van der Waals surface area contributed by atoms with Gasteiger partial charge in [-0.25, -0.2) is 0 Å². The first-order valence-corrected chi connectivity index (χ1v) is 5.80. The third-order valence-corrected chi connectivity index (χ3v) is 3.01. The van der Waals surface area contributed by atoms with E-state index < -0.39 is 0 Å². The van der Waals surface area contributed by atoms with Gasteiger partial charge in [0.1, 0.15) is 0 Å². The maximum atomic E-state index is 6.19. The topological polar surface area (TPSA) is 30.5 Å². The van der Waals surface area contributed by atoms with Crippen molar-refractivity contribution in [3.8, 4) is 0 Å². The van der Waals surface area contributed by atoms with E-state index in [1.54, 1.807) is 0 Å². The summed E-state index contributed by atoms with van der Waals surface area (Å²) in [5.41, 5.74) is 1.08. The van der Waals surface area contributed by atoms with Crippen molar-refractivity contribution in [1.29, 1.82) is 0 Å². The third kappa shape index (κ3) is 2.55. The molecule has 16 heavy (non-hydrogen) atoms. The third-order valence-electron chi connectivity index (χ3n) is 2.66. The van der Waals surface area contributed by atoms with Gasteiger partial charge in [-0.15, -0.1) is 0 Å². The molecule has 0 saturated carbocycles. The minimum absolute atomic E-state index is 0.138. The average molecular weight is 242 g/mol. The Morgan fingerprint density at radius 2 is 2.00 bits per heavy atom. The maximum Gasteiger partial charge on any atom is 0.220 e. The monoisotopic (exact) mass is 241 g/mol. The highest BCUT2D eigenvalue weighted by Crippen LogP contribution is 2.29. The van der Waals surface area contributed by atoms with Gasteiger partial charge in [0, 0.05) is 11.1 Å². The number of hydrogen-bond donors (Lipinski definition) is 1. The predicted octanol–water partition coefficient (Wildman–Crippen LogP) is 2.91. The first-order valence-electron chi connectivity index (χ1n) is 5.42. The lowest BCUT2D eigenvalue weighted by Crippen LogP contribution is -2.46. The summed E-state index contributed by atoms with van der Waals surface area (Å²) in [5.74, 6) is 0.410. The number of halogens is 1. The first-order chi connectivity index (χ1) is 7.68. The van der Waals surface area contributed by atoms with Crippen molar-refractivity contribution < 1.29 is 9.47 Å². The fourth-order valence-electron chi connectivity index (χ4n) is 1.75. The Hall–Kier alpha value is -0.610. The second-order valence-corrected chi connectivity index (χ2v) is 4.60. The molecule has 1 N–H and O–H groups in total. The molecule has 1 heterocycles. The lowest BCUT2D eigenvalue weighted by molar-refractivity contribution is -0.336. The molecule has 1 aromatic carbocycles. The molecule has 1 saturated heterocycles. The summed E-state index contributed by atoms with van der Waals surface area (Å²) in [4.78, 5) is 0. The van der Waals surface area contributed by atoms with Crippen molar-refractivity contribution in [1.82, 2.24) is 5.32 Å². The molecule has 1 aliphatic heterocycles. The Kier molecular flexibility index (Phi) is 3.82. The molecule has 88 valence electrons. The highest BCUT2D eigenvalue weighted by atomic mass is 35.5. The molecule has 1 aromatic rings. The molecule has 0 amide bonds. The van der Waals surface area contributed by atoms with E-state index >= 15 is 0 Å². The molecular formula is C12H16ClNO2. The summed E-state index contributed by atoms with van der Waals surface area (Å²) in [5, 5.41) is 4.05. The van der Waals surface area contributed by atoms with Gasteiger partial charge in [-0.1, -0.05) is 43.6 Å². The summed E-state index contributed by atoms with van der Waals surface area (Å²) in [6.45, 7) is 4.64. The molecule has 1 aliphatic rings. The van der Waals surface area contributed by atoms with E-state index in [0.717, 1.165) is 10.6 Å². The van der Waals surface area contributed by atoms with Crippen molar-refractivity contribution in [2.75, 3.05) is 6.79 Å². The zero-order valence-corrected chi connectivity index (χ0v) is 10.2. The Bertz CT molecular complexity index is 353. The second-order valence-electron chi connectivity index (χ2n) is 4.19. The molecule has 2 rings (SSSR count). The molecule has 3 nitrogen and oxygen atoms in total. The maximum absolute atomic E-state index is 6.19. The molecular weight excluding hydrogens is 226 g/mol. The molecule has 0 bridgehead atoms. The van der Waals surface area contributed by atoms with E-state index in [4.69, 9.17) is 21.1 Å². The fraction of sp³-hybridized carbons (Fsp3) is 0.500. The van der Waals surface area contributed by atoms with Crippen LogP contribution in [0.4, 0.5) is 0 Å². The molecule has 0 unspecified atom stereocenters. The van der Waals surface area contributed by atoms with Crippen LogP contribution in [-0.2, 0) is 9.47 Å². The quantitative estimate of drug-likeness (QED) is 0.879. The van der Waals surface area contributed by atoms with Crippen LogP contribution < -0.4 is 5.32 Å². The van der Waals surface area contributed by atoms with Crippen LogP contribution >= 0.6 is 11.6 Å². The van der Waals surface area contributed by atoms with Crippen LogP contribution in [0, 0.1) is 5.92 Å². The molecule has 0 radical (unpaired) electrons. The summed E-state index contributed by atoms with van der Waals surface area (Å²) >= 11 is 6.19. The Labute approximate surface area is 101 Å². The SMILES string of the molecule is CC(C)[C@H](NC1OCO1)c1ccccc1Cl. The molecule has 1 atom stereocenters. The highest BCUT2D eigenvalue weighted by molar-refractivity contribution is 6.31. The number of benzene rings is 1. The fourth-order valence-corrected chi connectivity index (χ4v) is 2.00. The van der Waals surface area contributed by atoms with Gasteiger partial charge in [-0.05, 0) is 17.5 Å². The molecule has 0 spiro atoms. The molecule has 1 fully saturated rings. The van der Waals surface area contributed by atoms with E-state index in [-0.39, 0.29) is 12.5 Å². The van der Waals surface area contributed by atoms with E-state index in [9.17, 15) is 0 Å². The van der Waals surface area contributed by atoms with Gasteiger partial charge in [0.05, 0.1) is 0 Å². The predicted molar refractivity (Wildman–Crippen MR) is 63.0 cm³/mol. The van der Waals surface area contributed by atoms with Crippen LogP contribution in [0.2, 0.25) is 5.02 Å². The summed E-state index contributed by atoms with van der Waals surface area (Å²) in [6.07, 6.45) is -0.302. The zero-order valence-electron chi connectivity index (χ0n) is 9.44. The Morgan fingerprint density at radius 3 is 2.50 bits per heavy atom. The second kappa shape index (κ2) is 5.15. The Balaban J connectivity index is 2.14. The van der Waals surface area contributed by atoms with Gasteiger partial charge >= 0.3 is 0 Å². The minimum Gasteiger partial charge on any atom is -0.313 e. The number of ether oxygens (including phenoxy) is 2. The smallest absolute Gasteiger partial charge is 0.220 e. The Morgan fingerprint density at radius 1 is 1.31 bits per heavy atom. The highest BCUT2D eigenvalue weighted by Gasteiger charge is 2.26. The van der Waals surface area contributed by atoms with Crippen LogP contribution in [0.1, 0.15) is 25.5 Å². The minimum atomic E-state index is -0.302. The van der Waals surface area contributed by atoms with Crippen molar-refractivity contribution in [2.45, 2.75) is 26.3 Å². The largest absolute Gasteiger partial charge is 0.313 e. The number of nitrogens with one attached hydrogen (secondary N) is 1. The van der Waals surface area contributed by atoms with Gasteiger partial charge in [0.2, 0.25) is 6.41 Å². The van der Waals surface area contributed by atoms with Gasteiger partial charge in [0.25, 0.3) is 0 Å². The average Bonchev–Trinajstić information content (AvgIpc) is 2.18. The lowest BCUT2D eigenvalue weighted by atomic mass is 9.96. The van der Waals surface area contributed by atoms with Crippen molar-refractivity contribution in [3.63, 3.8) is 0 Å². The lowest BCUT2D eigenvalue weighted by Gasteiger charge is -2.33. The van der Waals surface area contributed by atoms with Crippen molar-refractivity contribution in [3.05, 3.63) is 34.9 Å². The summed E-state index contributed by atoms with van der Waals surface area (Å²) in [6, 6.07) is 7.98. The van der Waals surface area contributed by atoms with E-state index in [0.29, 0.717) is 12.7 Å². The summed E-state index contributed by atoms with van der Waals surface area (Å²) in [7, 11) is 0. The van der Waals surface area contributed by atoms with Crippen molar-refractivity contribution in [2.24, 2.45) is 5.92 Å². The zero-order chi connectivity index (χ0) is 11.5. The van der Waals surface area contributed by atoms with Crippen molar-refractivity contribution >= 4 is 11.6 Å². The number of rotatable bonds is 4. The van der Waals surface area contributed by atoms with Gasteiger partial charge in [0.15, 0.2) is 6.79 Å². The molecule has 4 heteroatoms. The normalized spacial score (nSPS) is 18.5. The standard InChI is InChI=1S/C12H16ClNO2/c1-8(2)11(14-12-15-7-16-12)9-5-3-4-6-10(9)13/h3-6,8,11-12,14H,7H2,1-2H3/t11-/m0/s1. The van der Waals surface area contributed by atoms with Gasteiger partial charge in [-0.3, -0.25) is 5.32 Å². The molecule has 0 aliphatic carbocycles. The van der Waals surface area contributed by atoms with Crippen LogP contribution in [0.25, 0.3) is 0 Å². The van der Waals surface area contributed by atoms with Gasteiger partial charge < -0.3 is 9.47 Å². The molecule has 0 aromatic heterocycles. The van der Waals surface area contributed by atoms with E-state index in [2.05, 4.69) is 19.2 Å². The van der Waals surface area contributed by atoms with Crippen LogP contribution in [0.15, 0.2) is 24.3 Å². The van der Waals surface area contributed by atoms with E-state index in [1.807, 2.05) is 24.3 Å².